The van der Waals surface area contributed by atoms with Crippen molar-refractivity contribution in [1.82, 2.24) is 19.5 Å². The molecule has 8 heteroatoms. The predicted molar refractivity (Wildman–Crippen MR) is 117 cm³/mol. The highest BCUT2D eigenvalue weighted by atomic mass is 16.6. The molecule has 8 nitrogen and oxygen atoms in total. The quantitative estimate of drug-likeness (QED) is 0.530. The maximum Gasteiger partial charge on any atom is 0.277 e. The normalized spacial score (nSPS) is 17.2. The highest BCUT2D eigenvalue weighted by molar-refractivity contribution is 5.82. The van der Waals surface area contributed by atoms with Crippen molar-refractivity contribution in [3.05, 3.63) is 82.3 Å². The van der Waals surface area contributed by atoms with Gasteiger partial charge in [0.15, 0.2) is 17.1 Å². The SMILES string of the molecule is O=C([C@H]1COc2ccccc2O1)N1CCc2nc3cc(-c4ccccc4)[nH]n3c(=O)c2C1. The zero-order valence-electron chi connectivity index (χ0n) is 17.2. The molecule has 32 heavy (non-hydrogen) atoms. The summed E-state index contributed by atoms with van der Waals surface area (Å²) < 4.78 is 13.0. The molecule has 4 heterocycles. The first-order valence-electron chi connectivity index (χ1n) is 10.5. The number of H-pyrrole nitrogens is 1. The lowest BCUT2D eigenvalue weighted by Crippen LogP contribution is -2.49. The Hall–Kier alpha value is -4.07. The summed E-state index contributed by atoms with van der Waals surface area (Å²) in [6.07, 6.45) is -0.218. The van der Waals surface area contributed by atoms with Crippen LogP contribution >= 0.6 is 0 Å². The van der Waals surface area contributed by atoms with Crippen molar-refractivity contribution in [3.8, 4) is 22.8 Å². The highest BCUT2D eigenvalue weighted by Gasteiger charge is 2.34. The summed E-state index contributed by atoms with van der Waals surface area (Å²) >= 11 is 0. The number of carbonyl (C=O) groups is 1. The average molecular weight is 428 g/mol. The fourth-order valence-electron chi connectivity index (χ4n) is 4.28. The second kappa shape index (κ2) is 7.26. The molecule has 2 aromatic carbocycles. The Kier molecular flexibility index (Phi) is 4.24. The minimum absolute atomic E-state index is 0.145. The van der Waals surface area contributed by atoms with E-state index in [0.29, 0.717) is 35.7 Å². The van der Waals surface area contributed by atoms with Crippen LogP contribution in [0.15, 0.2) is 65.5 Å². The first-order valence-corrected chi connectivity index (χ1v) is 10.5. The zero-order chi connectivity index (χ0) is 21.7. The third kappa shape index (κ3) is 3.03. The molecule has 4 aromatic rings. The van der Waals surface area contributed by atoms with Crippen LogP contribution in [0.5, 0.6) is 11.5 Å². The van der Waals surface area contributed by atoms with E-state index in [1.165, 1.54) is 4.52 Å². The molecule has 0 spiro atoms. The predicted octanol–water partition coefficient (Wildman–Crippen LogP) is 2.41. The minimum atomic E-state index is -0.735. The molecule has 160 valence electrons. The van der Waals surface area contributed by atoms with Crippen molar-refractivity contribution in [2.75, 3.05) is 13.2 Å². The number of benzene rings is 2. The van der Waals surface area contributed by atoms with Crippen LogP contribution in [-0.2, 0) is 17.8 Å². The molecule has 0 fully saturated rings. The van der Waals surface area contributed by atoms with Crippen LogP contribution in [0.1, 0.15) is 11.3 Å². The van der Waals surface area contributed by atoms with Gasteiger partial charge < -0.3 is 14.4 Å². The van der Waals surface area contributed by atoms with Crippen molar-refractivity contribution in [3.63, 3.8) is 0 Å². The van der Waals surface area contributed by atoms with E-state index in [1.807, 2.05) is 54.6 Å². The summed E-state index contributed by atoms with van der Waals surface area (Å²) in [7, 11) is 0. The van der Waals surface area contributed by atoms with E-state index in [2.05, 4.69) is 5.10 Å². The van der Waals surface area contributed by atoms with Gasteiger partial charge >= 0.3 is 0 Å². The molecular weight excluding hydrogens is 408 g/mol. The summed E-state index contributed by atoms with van der Waals surface area (Å²) in [4.78, 5) is 32.7. The molecule has 0 aliphatic carbocycles. The number of fused-ring (bicyclic) bond motifs is 3. The van der Waals surface area contributed by atoms with Crippen LogP contribution in [-0.4, -0.2) is 44.7 Å². The smallest absolute Gasteiger partial charge is 0.277 e. The fraction of sp³-hybridized carbons (Fsp3) is 0.208. The standard InChI is InChI=1S/C24H20N4O4/c29-23-16-13-27(24(30)21-14-31-19-8-4-5-9-20(19)32-21)11-10-17(16)25-22-12-18(26-28(22)23)15-6-2-1-3-7-15/h1-9,12,21,26H,10-11,13-14H2/t21-/m1/s1. The molecule has 1 N–H and O–H groups in total. The second-order valence-electron chi connectivity index (χ2n) is 7.95. The van der Waals surface area contributed by atoms with Crippen molar-refractivity contribution >= 4 is 11.6 Å². The lowest BCUT2D eigenvalue weighted by Gasteiger charge is -2.33. The lowest BCUT2D eigenvalue weighted by atomic mass is 10.1. The summed E-state index contributed by atoms with van der Waals surface area (Å²) in [6.45, 7) is 0.822. The number of carbonyl (C=O) groups excluding carboxylic acids is 1. The summed E-state index contributed by atoms with van der Waals surface area (Å²) in [5, 5.41) is 3.14. The number of ether oxygens (including phenoxy) is 2. The van der Waals surface area contributed by atoms with Gasteiger partial charge in [-0.05, 0) is 17.7 Å². The number of hydrogen-bond donors (Lipinski definition) is 1. The van der Waals surface area contributed by atoms with Crippen LogP contribution in [0.3, 0.4) is 0 Å². The molecule has 0 saturated carbocycles. The van der Waals surface area contributed by atoms with Crippen molar-refractivity contribution in [2.45, 2.75) is 19.1 Å². The molecule has 1 amide bonds. The fourth-order valence-corrected chi connectivity index (χ4v) is 4.28. The Morgan fingerprint density at radius 3 is 2.69 bits per heavy atom. The Balaban J connectivity index is 1.29. The number of nitrogens with zero attached hydrogens (tertiary/aromatic N) is 3. The summed E-state index contributed by atoms with van der Waals surface area (Å²) in [5.74, 6) is 0.996. The Bertz CT molecular complexity index is 1390. The largest absolute Gasteiger partial charge is 0.485 e. The van der Waals surface area contributed by atoms with E-state index < -0.39 is 6.10 Å². The van der Waals surface area contributed by atoms with Crippen molar-refractivity contribution in [1.29, 1.82) is 0 Å². The molecular formula is C24H20N4O4. The van der Waals surface area contributed by atoms with Gasteiger partial charge in [0.1, 0.15) is 6.61 Å². The van der Waals surface area contributed by atoms with E-state index in [-0.39, 0.29) is 24.6 Å². The van der Waals surface area contributed by atoms with Crippen LogP contribution in [0, 0.1) is 0 Å². The topological polar surface area (TPSA) is 88.9 Å². The van der Waals surface area contributed by atoms with Crippen LogP contribution in [0.2, 0.25) is 0 Å². The van der Waals surface area contributed by atoms with Gasteiger partial charge in [0, 0.05) is 19.0 Å². The molecule has 0 saturated heterocycles. The van der Waals surface area contributed by atoms with E-state index >= 15 is 0 Å². The summed E-state index contributed by atoms with van der Waals surface area (Å²) in [6, 6.07) is 18.9. The van der Waals surface area contributed by atoms with Gasteiger partial charge in [-0.2, -0.15) is 0 Å². The first-order chi connectivity index (χ1) is 15.7. The number of nitrogens with one attached hydrogen (secondary N) is 1. The number of aromatic amines is 1. The van der Waals surface area contributed by atoms with Gasteiger partial charge in [-0.15, -0.1) is 0 Å². The maximum atomic E-state index is 13.2. The highest BCUT2D eigenvalue weighted by Crippen LogP contribution is 2.31. The van der Waals surface area contributed by atoms with Gasteiger partial charge in [-0.1, -0.05) is 42.5 Å². The first kappa shape index (κ1) is 18.7. The van der Waals surface area contributed by atoms with Gasteiger partial charge in [-0.25, -0.2) is 9.50 Å². The van der Waals surface area contributed by atoms with Crippen LogP contribution < -0.4 is 15.0 Å². The third-order valence-corrected chi connectivity index (χ3v) is 5.94. The number of para-hydroxylation sites is 2. The van der Waals surface area contributed by atoms with Gasteiger partial charge in [0.05, 0.1) is 23.5 Å². The summed E-state index contributed by atoms with van der Waals surface area (Å²) in [5.41, 5.74) is 3.45. The third-order valence-electron chi connectivity index (χ3n) is 5.94. The zero-order valence-corrected chi connectivity index (χ0v) is 17.2. The van der Waals surface area contributed by atoms with Crippen molar-refractivity contribution in [2.24, 2.45) is 0 Å². The second-order valence-corrected chi connectivity index (χ2v) is 7.95. The lowest BCUT2D eigenvalue weighted by molar-refractivity contribution is -0.142. The van der Waals surface area contributed by atoms with E-state index in [4.69, 9.17) is 14.5 Å². The number of aromatic nitrogens is 3. The number of rotatable bonds is 2. The Labute approximate surface area is 183 Å². The van der Waals surface area contributed by atoms with E-state index in [9.17, 15) is 9.59 Å². The molecule has 0 bridgehead atoms. The maximum absolute atomic E-state index is 13.2. The number of amides is 1. The molecule has 0 unspecified atom stereocenters. The molecule has 2 aromatic heterocycles. The average Bonchev–Trinajstić information content (AvgIpc) is 3.28. The Morgan fingerprint density at radius 1 is 1.06 bits per heavy atom. The molecule has 1 atom stereocenters. The van der Waals surface area contributed by atoms with E-state index in [0.717, 1.165) is 17.0 Å². The van der Waals surface area contributed by atoms with Crippen LogP contribution in [0.25, 0.3) is 16.9 Å². The van der Waals surface area contributed by atoms with Gasteiger partial charge in [0.25, 0.3) is 11.5 Å². The van der Waals surface area contributed by atoms with Gasteiger partial charge in [0.2, 0.25) is 6.10 Å². The molecule has 2 aliphatic heterocycles. The Morgan fingerprint density at radius 2 is 1.84 bits per heavy atom. The molecule has 0 radical (unpaired) electrons. The van der Waals surface area contributed by atoms with Crippen molar-refractivity contribution < 1.29 is 14.3 Å². The monoisotopic (exact) mass is 428 g/mol. The van der Waals surface area contributed by atoms with E-state index in [1.54, 1.807) is 11.0 Å². The van der Waals surface area contributed by atoms with Crippen LogP contribution in [0.4, 0.5) is 0 Å². The number of hydrogen-bond acceptors (Lipinski definition) is 5. The molecule has 2 aliphatic rings. The van der Waals surface area contributed by atoms with Gasteiger partial charge in [-0.3, -0.25) is 14.7 Å². The molecule has 6 rings (SSSR count). The minimum Gasteiger partial charge on any atom is -0.485 e.